The minimum atomic E-state index is 0.0693. The van der Waals surface area contributed by atoms with Crippen molar-refractivity contribution in [1.29, 1.82) is 0 Å². The summed E-state index contributed by atoms with van der Waals surface area (Å²) in [6.07, 6.45) is 6.18. The maximum absolute atomic E-state index is 9.11. The molecule has 84 valence electrons. The Morgan fingerprint density at radius 2 is 2.40 bits per heavy atom. The Morgan fingerprint density at radius 3 is 3.00 bits per heavy atom. The van der Waals surface area contributed by atoms with Crippen molar-refractivity contribution < 1.29 is 5.11 Å². The van der Waals surface area contributed by atoms with Crippen molar-refractivity contribution in [2.24, 2.45) is 0 Å². The van der Waals surface area contributed by atoms with Crippen LogP contribution in [0.5, 0.6) is 0 Å². The fourth-order valence-corrected chi connectivity index (χ4v) is 1.90. The second-order valence-corrected chi connectivity index (χ2v) is 4.44. The van der Waals surface area contributed by atoms with Gasteiger partial charge in [0.25, 0.3) is 0 Å². The van der Waals surface area contributed by atoms with Gasteiger partial charge in [0.15, 0.2) is 0 Å². The van der Waals surface area contributed by atoms with Gasteiger partial charge < -0.3 is 9.67 Å². The summed E-state index contributed by atoms with van der Waals surface area (Å²) in [7, 11) is 2.18. The molecule has 1 atom stereocenters. The molecule has 1 N–H and O–H groups in total. The van der Waals surface area contributed by atoms with E-state index in [9.17, 15) is 0 Å². The largest absolute Gasteiger partial charge is 0.390 e. The van der Waals surface area contributed by atoms with Gasteiger partial charge in [-0.3, -0.25) is 4.90 Å². The van der Waals surface area contributed by atoms with Crippen molar-refractivity contribution in [2.75, 3.05) is 7.05 Å². The number of aliphatic hydroxyl groups excluding tert-OH is 1. The highest BCUT2D eigenvalue weighted by atomic mass is 16.3. The molecule has 1 aromatic heterocycles. The van der Waals surface area contributed by atoms with E-state index in [1.807, 2.05) is 4.57 Å². The molecule has 1 aliphatic carbocycles. The molecule has 1 unspecified atom stereocenters. The van der Waals surface area contributed by atoms with Crippen LogP contribution < -0.4 is 0 Å². The van der Waals surface area contributed by atoms with Gasteiger partial charge in [0.2, 0.25) is 0 Å². The third-order valence-corrected chi connectivity index (χ3v) is 3.24. The second kappa shape index (κ2) is 4.33. The van der Waals surface area contributed by atoms with Crippen LogP contribution in [0.1, 0.15) is 25.5 Å². The van der Waals surface area contributed by atoms with Gasteiger partial charge in [0.05, 0.1) is 24.8 Å². The Bertz CT molecular complexity index is 319. The van der Waals surface area contributed by atoms with E-state index in [0.29, 0.717) is 6.04 Å². The number of rotatable bonds is 5. The summed E-state index contributed by atoms with van der Waals surface area (Å²) < 4.78 is 2.03. The zero-order chi connectivity index (χ0) is 10.8. The normalized spacial score (nSPS) is 18.4. The monoisotopic (exact) mass is 209 g/mol. The Balaban J connectivity index is 1.95. The zero-order valence-electron chi connectivity index (χ0n) is 9.43. The smallest absolute Gasteiger partial charge is 0.0949 e. The van der Waals surface area contributed by atoms with Gasteiger partial charge in [-0.1, -0.05) is 0 Å². The van der Waals surface area contributed by atoms with Crippen molar-refractivity contribution in [3.8, 4) is 0 Å². The molecule has 1 heterocycles. The molecule has 0 radical (unpaired) electrons. The van der Waals surface area contributed by atoms with Crippen molar-refractivity contribution in [3.63, 3.8) is 0 Å². The summed E-state index contributed by atoms with van der Waals surface area (Å²) in [6.45, 7) is 3.20. The summed E-state index contributed by atoms with van der Waals surface area (Å²) in [5.41, 5.74) is 0.894. The van der Waals surface area contributed by atoms with Crippen LogP contribution in [-0.4, -0.2) is 38.7 Å². The molecular formula is C11H19N3O. The predicted octanol–water partition coefficient (Wildman–Crippen LogP) is 0.858. The molecule has 1 saturated carbocycles. The first-order valence-corrected chi connectivity index (χ1v) is 5.54. The van der Waals surface area contributed by atoms with Crippen LogP contribution in [0, 0.1) is 0 Å². The Kier molecular flexibility index (Phi) is 3.07. The van der Waals surface area contributed by atoms with Crippen LogP contribution in [0.3, 0.4) is 0 Å². The lowest BCUT2D eigenvalue weighted by Gasteiger charge is -2.25. The fourth-order valence-electron chi connectivity index (χ4n) is 1.90. The van der Waals surface area contributed by atoms with E-state index >= 15 is 0 Å². The third-order valence-electron chi connectivity index (χ3n) is 3.24. The van der Waals surface area contributed by atoms with E-state index in [0.717, 1.165) is 18.3 Å². The summed E-state index contributed by atoms with van der Waals surface area (Å²) in [5, 5.41) is 9.11. The van der Waals surface area contributed by atoms with Crippen molar-refractivity contribution in [3.05, 3.63) is 18.2 Å². The van der Waals surface area contributed by atoms with Crippen LogP contribution in [0.25, 0.3) is 0 Å². The molecule has 4 heteroatoms. The van der Waals surface area contributed by atoms with Crippen LogP contribution in [-0.2, 0) is 13.2 Å². The van der Waals surface area contributed by atoms with Gasteiger partial charge in [-0.15, -0.1) is 0 Å². The molecule has 0 saturated heterocycles. The molecule has 2 rings (SSSR count). The molecule has 0 bridgehead atoms. The van der Waals surface area contributed by atoms with E-state index in [-0.39, 0.29) is 6.61 Å². The SMILES string of the molecule is CC(Cn1cncc1CO)N(C)C1CC1. The first-order chi connectivity index (χ1) is 7.22. The quantitative estimate of drug-likeness (QED) is 0.782. The topological polar surface area (TPSA) is 41.3 Å². The van der Waals surface area contributed by atoms with Gasteiger partial charge in [-0.2, -0.15) is 0 Å². The molecule has 4 nitrogen and oxygen atoms in total. The molecule has 1 fully saturated rings. The molecule has 0 aliphatic heterocycles. The van der Waals surface area contributed by atoms with Gasteiger partial charge in [-0.05, 0) is 26.8 Å². The molecule has 15 heavy (non-hydrogen) atoms. The molecule has 0 aromatic carbocycles. The van der Waals surface area contributed by atoms with E-state index in [1.165, 1.54) is 12.8 Å². The standard InChI is InChI=1S/C11H19N3O/c1-9(13(2)10-3-4-10)6-14-8-12-5-11(14)7-15/h5,8-10,15H,3-4,6-7H2,1-2H3. The van der Waals surface area contributed by atoms with Gasteiger partial charge in [0, 0.05) is 18.6 Å². The summed E-state index contributed by atoms with van der Waals surface area (Å²) in [4.78, 5) is 6.47. The maximum atomic E-state index is 9.11. The maximum Gasteiger partial charge on any atom is 0.0949 e. The van der Waals surface area contributed by atoms with Crippen LogP contribution in [0.2, 0.25) is 0 Å². The number of aromatic nitrogens is 2. The van der Waals surface area contributed by atoms with Crippen LogP contribution in [0.4, 0.5) is 0 Å². The fraction of sp³-hybridized carbons (Fsp3) is 0.727. The van der Waals surface area contributed by atoms with Crippen molar-refractivity contribution in [1.82, 2.24) is 14.5 Å². The predicted molar refractivity (Wildman–Crippen MR) is 58.4 cm³/mol. The minimum absolute atomic E-state index is 0.0693. The van der Waals surface area contributed by atoms with Gasteiger partial charge in [-0.25, -0.2) is 4.98 Å². The average molecular weight is 209 g/mol. The summed E-state index contributed by atoms with van der Waals surface area (Å²) in [6, 6.07) is 1.28. The number of hydrogen-bond donors (Lipinski definition) is 1. The van der Waals surface area contributed by atoms with Gasteiger partial charge >= 0.3 is 0 Å². The lowest BCUT2D eigenvalue weighted by molar-refractivity contribution is 0.217. The second-order valence-electron chi connectivity index (χ2n) is 4.44. The number of nitrogens with zero attached hydrogens (tertiary/aromatic N) is 3. The number of imidazole rings is 1. The van der Waals surface area contributed by atoms with Crippen molar-refractivity contribution >= 4 is 0 Å². The summed E-state index contributed by atoms with van der Waals surface area (Å²) >= 11 is 0. The van der Waals surface area contributed by atoms with Crippen LogP contribution >= 0.6 is 0 Å². The van der Waals surface area contributed by atoms with Gasteiger partial charge in [0.1, 0.15) is 0 Å². The first kappa shape index (κ1) is 10.6. The highest BCUT2D eigenvalue weighted by Gasteiger charge is 2.29. The van der Waals surface area contributed by atoms with E-state index in [1.54, 1.807) is 12.5 Å². The Morgan fingerprint density at radius 1 is 1.67 bits per heavy atom. The van der Waals surface area contributed by atoms with E-state index < -0.39 is 0 Å². The third kappa shape index (κ3) is 2.38. The molecule has 1 aromatic rings. The van der Waals surface area contributed by atoms with E-state index in [2.05, 4.69) is 23.9 Å². The molecule has 0 amide bonds. The molecule has 1 aliphatic rings. The van der Waals surface area contributed by atoms with Crippen LogP contribution in [0.15, 0.2) is 12.5 Å². The first-order valence-electron chi connectivity index (χ1n) is 5.54. The lowest BCUT2D eigenvalue weighted by atomic mass is 10.3. The average Bonchev–Trinajstić information content (AvgIpc) is 2.99. The molecular weight excluding hydrogens is 190 g/mol. The highest BCUT2D eigenvalue weighted by molar-refractivity contribution is 4.97. The van der Waals surface area contributed by atoms with Crippen molar-refractivity contribution in [2.45, 2.75) is 45.0 Å². The summed E-state index contributed by atoms with van der Waals surface area (Å²) in [5.74, 6) is 0. The zero-order valence-corrected chi connectivity index (χ0v) is 9.43. The minimum Gasteiger partial charge on any atom is -0.390 e. The Labute approximate surface area is 90.5 Å². The number of likely N-dealkylation sites (N-methyl/N-ethyl adjacent to an activating group) is 1. The lowest BCUT2D eigenvalue weighted by Crippen LogP contribution is -2.34. The number of hydrogen-bond acceptors (Lipinski definition) is 3. The molecule has 0 spiro atoms. The Hall–Kier alpha value is -0.870. The number of aliphatic hydroxyl groups is 1. The van der Waals surface area contributed by atoms with E-state index in [4.69, 9.17) is 5.11 Å². The highest BCUT2D eigenvalue weighted by Crippen LogP contribution is 2.27.